The maximum atomic E-state index is 12.2. The van der Waals surface area contributed by atoms with E-state index in [4.69, 9.17) is 16.3 Å². The number of amides is 1. The van der Waals surface area contributed by atoms with E-state index in [0.29, 0.717) is 28.0 Å². The predicted octanol–water partition coefficient (Wildman–Crippen LogP) is 3.12. The molecule has 0 bridgehead atoms. The number of anilines is 2. The van der Waals surface area contributed by atoms with Crippen molar-refractivity contribution in [1.82, 2.24) is 15.1 Å². The van der Waals surface area contributed by atoms with Gasteiger partial charge in [0.2, 0.25) is 0 Å². The zero-order chi connectivity index (χ0) is 16.2. The normalized spacial score (nSPS) is 13.9. The van der Waals surface area contributed by atoms with E-state index in [1.54, 1.807) is 42.3 Å². The molecule has 7 heteroatoms. The Bertz CT molecular complexity index is 700. The number of nitrogens with zero attached hydrogens (tertiary/aromatic N) is 3. The van der Waals surface area contributed by atoms with Crippen molar-refractivity contribution in [2.45, 2.75) is 12.8 Å². The first-order valence-electron chi connectivity index (χ1n) is 7.41. The molecule has 0 saturated carbocycles. The highest BCUT2D eigenvalue weighted by atomic mass is 35.5. The van der Waals surface area contributed by atoms with E-state index >= 15 is 0 Å². The van der Waals surface area contributed by atoms with Crippen molar-refractivity contribution >= 4 is 29.0 Å². The molecule has 23 heavy (non-hydrogen) atoms. The van der Waals surface area contributed by atoms with Gasteiger partial charge in [0.15, 0.2) is 11.5 Å². The Kier molecular flexibility index (Phi) is 4.62. The quantitative estimate of drug-likeness (QED) is 0.931. The smallest absolute Gasteiger partial charge is 0.274 e. The van der Waals surface area contributed by atoms with Crippen LogP contribution in [0.25, 0.3) is 0 Å². The minimum Gasteiger partial charge on any atom is -0.495 e. The molecule has 120 valence electrons. The van der Waals surface area contributed by atoms with E-state index in [9.17, 15) is 4.79 Å². The topological polar surface area (TPSA) is 67.3 Å². The van der Waals surface area contributed by atoms with Gasteiger partial charge in [-0.15, -0.1) is 10.2 Å². The molecule has 0 spiro atoms. The summed E-state index contributed by atoms with van der Waals surface area (Å²) in [5.74, 6) is 1.10. The number of carbonyl (C=O) groups is 1. The van der Waals surface area contributed by atoms with Crippen LogP contribution in [-0.2, 0) is 0 Å². The number of nitrogens with one attached hydrogen (secondary N) is 1. The summed E-state index contributed by atoms with van der Waals surface area (Å²) in [7, 11) is 1.58. The summed E-state index contributed by atoms with van der Waals surface area (Å²) >= 11 is 6.00. The summed E-state index contributed by atoms with van der Waals surface area (Å²) in [6.45, 7) is 1.58. The highest BCUT2D eigenvalue weighted by Gasteiger charge is 2.20. The standard InChI is InChI=1S/C16H17ClN4O2/c1-23-14-6-4-11(17)10-13(14)18-15-7-5-12(19-20-15)16(22)21-8-2-3-9-21/h4-7,10H,2-3,8-9H2,1H3,(H,18,20). The molecular weight excluding hydrogens is 316 g/mol. The van der Waals surface area contributed by atoms with E-state index < -0.39 is 0 Å². The second kappa shape index (κ2) is 6.83. The van der Waals surface area contributed by atoms with Crippen molar-refractivity contribution in [2.75, 3.05) is 25.5 Å². The van der Waals surface area contributed by atoms with E-state index in [1.165, 1.54) is 0 Å². The van der Waals surface area contributed by atoms with E-state index in [1.807, 2.05) is 0 Å². The number of carbonyl (C=O) groups excluding carboxylic acids is 1. The number of hydrogen-bond acceptors (Lipinski definition) is 5. The lowest BCUT2D eigenvalue weighted by molar-refractivity contribution is 0.0786. The molecule has 0 radical (unpaired) electrons. The summed E-state index contributed by atoms with van der Waals surface area (Å²) < 4.78 is 5.27. The molecule has 1 aliphatic heterocycles. The first-order chi connectivity index (χ1) is 11.2. The number of methoxy groups -OCH3 is 1. The Morgan fingerprint density at radius 2 is 2.00 bits per heavy atom. The van der Waals surface area contributed by atoms with Crippen molar-refractivity contribution in [3.8, 4) is 5.75 Å². The highest BCUT2D eigenvalue weighted by molar-refractivity contribution is 6.31. The third-order valence-corrected chi connectivity index (χ3v) is 3.94. The number of hydrogen-bond donors (Lipinski definition) is 1. The van der Waals surface area contributed by atoms with Gasteiger partial charge in [-0.05, 0) is 43.2 Å². The SMILES string of the molecule is COc1ccc(Cl)cc1Nc1ccc(C(=O)N2CCCC2)nn1. The van der Waals surface area contributed by atoms with Gasteiger partial charge in [0.05, 0.1) is 12.8 Å². The molecule has 1 N–H and O–H groups in total. The zero-order valence-corrected chi connectivity index (χ0v) is 13.5. The number of ether oxygens (including phenoxy) is 1. The average Bonchev–Trinajstić information content (AvgIpc) is 3.10. The minimum absolute atomic E-state index is 0.0677. The summed E-state index contributed by atoms with van der Waals surface area (Å²) in [6.07, 6.45) is 2.10. The summed E-state index contributed by atoms with van der Waals surface area (Å²) in [6, 6.07) is 8.65. The Balaban J connectivity index is 1.75. The predicted molar refractivity (Wildman–Crippen MR) is 88.5 cm³/mol. The lowest BCUT2D eigenvalue weighted by atomic mass is 10.3. The Morgan fingerprint density at radius 3 is 2.65 bits per heavy atom. The van der Waals surface area contributed by atoms with Gasteiger partial charge in [0, 0.05) is 18.1 Å². The van der Waals surface area contributed by atoms with Crippen LogP contribution in [0.3, 0.4) is 0 Å². The van der Waals surface area contributed by atoms with Crippen LogP contribution < -0.4 is 10.1 Å². The minimum atomic E-state index is -0.0677. The molecular formula is C16H17ClN4O2. The average molecular weight is 333 g/mol. The molecule has 0 aliphatic carbocycles. The molecule has 2 aromatic rings. The number of likely N-dealkylation sites (tertiary alicyclic amines) is 1. The lowest BCUT2D eigenvalue weighted by Gasteiger charge is -2.14. The monoisotopic (exact) mass is 332 g/mol. The van der Waals surface area contributed by atoms with Crippen molar-refractivity contribution < 1.29 is 9.53 Å². The Hall–Kier alpha value is -2.34. The molecule has 3 rings (SSSR count). The van der Waals surface area contributed by atoms with Crippen molar-refractivity contribution in [1.29, 1.82) is 0 Å². The van der Waals surface area contributed by atoms with Crippen molar-refractivity contribution in [3.63, 3.8) is 0 Å². The number of aromatic nitrogens is 2. The van der Waals surface area contributed by atoms with Crippen LogP contribution in [0.15, 0.2) is 30.3 Å². The maximum Gasteiger partial charge on any atom is 0.274 e. The van der Waals surface area contributed by atoms with Gasteiger partial charge in [-0.2, -0.15) is 0 Å². The van der Waals surface area contributed by atoms with E-state index in [2.05, 4.69) is 15.5 Å². The fraction of sp³-hybridized carbons (Fsp3) is 0.312. The van der Waals surface area contributed by atoms with Crippen LogP contribution in [-0.4, -0.2) is 41.2 Å². The first-order valence-corrected chi connectivity index (χ1v) is 7.79. The molecule has 1 aromatic carbocycles. The maximum absolute atomic E-state index is 12.2. The Labute approximate surface area is 139 Å². The van der Waals surface area contributed by atoms with Crippen LogP contribution in [0.4, 0.5) is 11.5 Å². The van der Waals surface area contributed by atoms with Gasteiger partial charge in [0.1, 0.15) is 5.75 Å². The zero-order valence-electron chi connectivity index (χ0n) is 12.8. The number of halogens is 1. The molecule has 0 unspecified atom stereocenters. The summed E-state index contributed by atoms with van der Waals surface area (Å²) in [5, 5.41) is 11.8. The fourth-order valence-corrected chi connectivity index (χ4v) is 2.68. The lowest BCUT2D eigenvalue weighted by Crippen LogP contribution is -2.28. The molecule has 6 nitrogen and oxygen atoms in total. The first kappa shape index (κ1) is 15.6. The molecule has 2 heterocycles. The highest BCUT2D eigenvalue weighted by Crippen LogP contribution is 2.29. The van der Waals surface area contributed by atoms with Crippen molar-refractivity contribution in [3.05, 3.63) is 41.0 Å². The molecule has 0 atom stereocenters. The van der Waals surface area contributed by atoms with Crippen LogP contribution in [0.1, 0.15) is 23.3 Å². The van der Waals surface area contributed by atoms with Gasteiger partial charge in [-0.3, -0.25) is 4.79 Å². The number of benzene rings is 1. The largest absolute Gasteiger partial charge is 0.495 e. The van der Waals surface area contributed by atoms with E-state index in [0.717, 1.165) is 25.9 Å². The second-order valence-electron chi connectivity index (χ2n) is 5.27. The van der Waals surface area contributed by atoms with Gasteiger partial charge in [-0.1, -0.05) is 11.6 Å². The molecule has 1 fully saturated rings. The fourth-order valence-electron chi connectivity index (χ4n) is 2.51. The van der Waals surface area contributed by atoms with Crippen LogP contribution >= 0.6 is 11.6 Å². The summed E-state index contributed by atoms with van der Waals surface area (Å²) in [5.41, 5.74) is 1.04. The van der Waals surface area contributed by atoms with Crippen LogP contribution in [0.5, 0.6) is 5.75 Å². The van der Waals surface area contributed by atoms with E-state index in [-0.39, 0.29) is 5.91 Å². The second-order valence-corrected chi connectivity index (χ2v) is 5.71. The summed E-state index contributed by atoms with van der Waals surface area (Å²) in [4.78, 5) is 14.0. The molecule has 1 aromatic heterocycles. The molecule has 1 amide bonds. The number of rotatable bonds is 4. The van der Waals surface area contributed by atoms with Crippen molar-refractivity contribution in [2.24, 2.45) is 0 Å². The van der Waals surface area contributed by atoms with Crippen LogP contribution in [0.2, 0.25) is 5.02 Å². The Morgan fingerprint density at radius 1 is 1.22 bits per heavy atom. The molecule has 1 aliphatic rings. The van der Waals surface area contributed by atoms with Crippen LogP contribution in [0, 0.1) is 0 Å². The van der Waals surface area contributed by atoms with Gasteiger partial charge in [-0.25, -0.2) is 0 Å². The molecule has 1 saturated heterocycles. The third-order valence-electron chi connectivity index (χ3n) is 3.70. The third kappa shape index (κ3) is 3.53. The van der Waals surface area contributed by atoms with Gasteiger partial charge >= 0.3 is 0 Å². The van der Waals surface area contributed by atoms with Gasteiger partial charge < -0.3 is 15.0 Å². The van der Waals surface area contributed by atoms with Gasteiger partial charge in [0.25, 0.3) is 5.91 Å².